The molecule has 0 aliphatic carbocycles. The van der Waals surface area contributed by atoms with Gasteiger partial charge in [-0.25, -0.2) is 0 Å². The second-order valence-corrected chi connectivity index (χ2v) is 14.1. The van der Waals surface area contributed by atoms with Crippen LogP contribution in [0.15, 0.2) is 164 Å². The Labute approximate surface area is 285 Å². The maximum absolute atomic E-state index is 6.88. The van der Waals surface area contributed by atoms with Crippen LogP contribution in [0.3, 0.4) is 0 Å². The van der Waals surface area contributed by atoms with Crippen LogP contribution >= 0.6 is 34.3 Å². The van der Waals surface area contributed by atoms with E-state index in [2.05, 4.69) is 174 Å². The van der Waals surface area contributed by atoms with Gasteiger partial charge in [-0.2, -0.15) is 0 Å². The Balaban J connectivity index is 1.32. The van der Waals surface area contributed by atoms with Gasteiger partial charge in [0, 0.05) is 68.1 Å². The molecular weight excluding hydrogens is 632 g/mol. The van der Waals surface area contributed by atoms with Crippen LogP contribution in [0.25, 0.3) is 40.3 Å². The molecule has 9 rings (SSSR count). The summed E-state index contributed by atoms with van der Waals surface area (Å²) in [6, 6.07) is 58.3. The van der Waals surface area contributed by atoms with Crippen LogP contribution in [-0.4, -0.2) is 0 Å². The van der Waals surface area contributed by atoms with Crippen molar-refractivity contribution in [2.45, 2.75) is 0 Å². The Bertz CT molecular complexity index is 2500. The van der Waals surface area contributed by atoms with Crippen LogP contribution in [-0.2, 0) is 0 Å². The van der Waals surface area contributed by atoms with Crippen molar-refractivity contribution in [3.8, 4) is 0 Å². The van der Waals surface area contributed by atoms with Crippen molar-refractivity contribution in [2.75, 3.05) is 9.80 Å². The van der Waals surface area contributed by atoms with Gasteiger partial charge in [0.2, 0.25) is 0 Å². The lowest BCUT2D eigenvalue weighted by Gasteiger charge is -2.27. The van der Waals surface area contributed by atoms with Gasteiger partial charge in [-0.15, -0.1) is 22.7 Å². The first-order chi connectivity index (χ1) is 23.2. The van der Waals surface area contributed by atoms with Crippen molar-refractivity contribution in [1.82, 2.24) is 0 Å². The van der Waals surface area contributed by atoms with Crippen LogP contribution in [0.5, 0.6) is 0 Å². The Kier molecular flexibility index (Phi) is 6.93. The summed E-state index contributed by atoms with van der Waals surface area (Å²) in [5.41, 5.74) is 6.62. The van der Waals surface area contributed by atoms with Crippen LogP contribution < -0.4 is 9.80 Å². The Morgan fingerprint density at radius 3 is 1.57 bits per heavy atom. The molecular formula is C42H27ClN2S2. The molecule has 0 spiro atoms. The summed E-state index contributed by atoms with van der Waals surface area (Å²) in [5, 5.41) is 5.67. The second-order valence-electron chi connectivity index (χ2n) is 11.5. The summed E-state index contributed by atoms with van der Waals surface area (Å²) in [6.07, 6.45) is 0. The molecule has 0 unspecified atom stereocenters. The number of rotatable bonds is 6. The topological polar surface area (TPSA) is 6.48 Å². The summed E-state index contributed by atoms with van der Waals surface area (Å²) in [7, 11) is 0. The first kappa shape index (κ1) is 28.1. The predicted octanol–water partition coefficient (Wildman–Crippen LogP) is 14.0. The summed E-state index contributed by atoms with van der Waals surface area (Å²) >= 11 is 10.5. The maximum Gasteiger partial charge on any atom is 0.0569 e. The van der Waals surface area contributed by atoms with E-state index in [0.717, 1.165) is 38.2 Å². The predicted molar refractivity (Wildman–Crippen MR) is 207 cm³/mol. The number of para-hydroxylation sites is 3. The summed E-state index contributed by atoms with van der Waals surface area (Å²) < 4.78 is 4.96. The molecule has 2 heterocycles. The molecule has 224 valence electrons. The molecule has 2 nitrogen and oxygen atoms in total. The highest BCUT2D eigenvalue weighted by Gasteiger charge is 2.22. The van der Waals surface area contributed by atoms with E-state index in [1.54, 1.807) is 11.3 Å². The zero-order valence-corrected chi connectivity index (χ0v) is 27.6. The number of hydrogen-bond acceptors (Lipinski definition) is 4. The molecule has 47 heavy (non-hydrogen) atoms. The van der Waals surface area contributed by atoms with E-state index in [0.29, 0.717) is 0 Å². The molecule has 0 bridgehead atoms. The van der Waals surface area contributed by atoms with Crippen molar-refractivity contribution >= 4 is 109 Å². The number of benzene rings is 7. The molecule has 0 amide bonds. The minimum absolute atomic E-state index is 0.720. The van der Waals surface area contributed by atoms with Gasteiger partial charge in [-0.1, -0.05) is 90.5 Å². The number of halogens is 1. The minimum atomic E-state index is 0.720. The van der Waals surface area contributed by atoms with Crippen molar-refractivity contribution in [2.24, 2.45) is 0 Å². The van der Waals surface area contributed by atoms with Crippen LogP contribution in [0.4, 0.5) is 34.1 Å². The van der Waals surface area contributed by atoms with E-state index in [-0.39, 0.29) is 0 Å². The molecule has 0 fully saturated rings. The molecule has 0 radical (unpaired) electrons. The van der Waals surface area contributed by atoms with E-state index >= 15 is 0 Å². The number of nitrogens with zero attached hydrogens (tertiary/aromatic N) is 2. The zero-order valence-electron chi connectivity index (χ0n) is 25.2. The molecule has 0 saturated heterocycles. The summed E-state index contributed by atoms with van der Waals surface area (Å²) in [4.78, 5) is 4.73. The Morgan fingerprint density at radius 2 is 0.894 bits per heavy atom. The van der Waals surface area contributed by atoms with Crippen LogP contribution in [0, 0.1) is 0 Å². The first-order valence-corrected chi connectivity index (χ1v) is 17.6. The normalized spacial score (nSPS) is 11.5. The van der Waals surface area contributed by atoms with Gasteiger partial charge in [0.25, 0.3) is 0 Å². The average Bonchev–Trinajstić information content (AvgIpc) is 3.68. The quantitative estimate of drug-likeness (QED) is 0.175. The van der Waals surface area contributed by atoms with Gasteiger partial charge in [-0.3, -0.25) is 0 Å². The van der Waals surface area contributed by atoms with E-state index in [9.17, 15) is 0 Å². The van der Waals surface area contributed by atoms with Gasteiger partial charge < -0.3 is 9.80 Å². The smallest absolute Gasteiger partial charge is 0.0569 e. The highest BCUT2D eigenvalue weighted by molar-refractivity contribution is 7.26. The van der Waals surface area contributed by atoms with E-state index in [1.807, 2.05) is 11.3 Å². The molecule has 9 aromatic rings. The maximum atomic E-state index is 6.88. The third kappa shape index (κ3) is 4.85. The fourth-order valence-electron chi connectivity index (χ4n) is 6.68. The Morgan fingerprint density at radius 1 is 0.362 bits per heavy atom. The zero-order chi connectivity index (χ0) is 31.3. The van der Waals surface area contributed by atoms with Gasteiger partial charge in [0.05, 0.1) is 11.4 Å². The van der Waals surface area contributed by atoms with Crippen LogP contribution in [0.2, 0.25) is 5.02 Å². The van der Waals surface area contributed by atoms with Crippen molar-refractivity contribution in [1.29, 1.82) is 0 Å². The van der Waals surface area contributed by atoms with Crippen molar-refractivity contribution in [3.05, 3.63) is 169 Å². The van der Waals surface area contributed by atoms with Gasteiger partial charge in [0.1, 0.15) is 0 Å². The summed E-state index contributed by atoms with van der Waals surface area (Å²) in [5.74, 6) is 0. The molecule has 0 saturated carbocycles. The first-order valence-electron chi connectivity index (χ1n) is 15.5. The minimum Gasteiger partial charge on any atom is -0.310 e. The molecule has 0 atom stereocenters. The van der Waals surface area contributed by atoms with Gasteiger partial charge in [0.15, 0.2) is 0 Å². The third-order valence-electron chi connectivity index (χ3n) is 8.66. The summed E-state index contributed by atoms with van der Waals surface area (Å²) in [6.45, 7) is 0. The van der Waals surface area contributed by atoms with E-state index in [1.165, 1.54) is 41.3 Å². The molecule has 0 aliphatic heterocycles. The highest BCUT2D eigenvalue weighted by Crippen LogP contribution is 2.49. The number of hydrogen-bond donors (Lipinski definition) is 0. The molecule has 5 heteroatoms. The lowest BCUT2D eigenvalue weighted by Crippen LogP contribution is -2.10. The standard InChI is InChI=1S/C42H27ClN2S2/c43-28-25-36(44(29-13-4-1-5-14-29)30-15-6-2-7-16-30)42-34-27-32(23-24-38(34)47-40(42)26-28)45(31-17-8-3-9-18-31)35-20-12-22-39-41(35)33-19-10-11-21-37(33)46-39/h1-27H. The number of fused-ring (bicyclic) bond motifs is 6. The number of anilines is 6. The fraction of sp³-hybridized carbons (Fsp3) is 0. The Hall–Kier alpha value is -5.13. The monoisotopic (exact) mass is 658 g/mol. The molecule has 0 aliphatic rings. The second kappa shape index (κ2) is 11.6. The molecule has 0 N–H and O–H groups in total. The molecule has 2 aromatic heterocycles. The van der Waals surface area contributed by atoms with Crippen LogP contribution in [0.1, 0.15) is 0 Å². The number of thiophene rings is 2. The average molecular weight is 659 g/mol. The lowest BCUT2D eigenvalue weighted by atomic mass is 10.1. The van der Waals surface area contributed by atoms with E-state index < -0.39 is 0 Å². The molecule has 7 aromatic carbocycles. The third-order valence-corrected chi connectivity index (χ3v) is 11.1. The van der Waals surface area contributed by atoms with Gasteiger partial charge in [-0.05, 0) is 84.9 Å². The van der Waals surface area contributed by atoms with Crippen molar-refractivity contribution < 1.29 is 0 Å². The highest BCUT2D eigenvalue weighted by atomic mass is 35.5. The van der Waals surface area contributed by atoms with Crippen molar-refractivity contribution in [3.63, 3.8) is 0 Å². The van der Waals surface area contributed by atoms with Gasteiger partial charge >= 0.3 is 0 Å². The fourth-order valence-corrected chi connectivity index (χ4v) is 9.23. The largest absolute Gasteiger partial charge is 0.310 e. The SMILES string of the molecule is Clc1cc(N(c2ccccc2)c2ccccc2)c2c(c1)sc1ccc(N(c3ccccc3)c3cccc4sc5ccccc5c34)cc12. The van der Waals surface area contributed by atoms with E-state index in [4.69, 9.17) is 11.6 Å². The lowest BCUT2D eigenvalue weighted by molar-refractivity contribution is 1.30.